The van der Waals surface area contributed by atoms with Gasteiger partial charge in [0.15, 0.2) is 11.5 Å². The molecular weight excluding hydrogens is 957 g/mol. The lowest BCUT2D eigenvalue weighted by Gasteiger charge is -2.20. The van der Waals surface area contributed by atoms with E-state index in [0.29, 0.717) is 37.9 Å². The summed E-state index contributed by atoms with van der Waals surface area (Å²) in [5.74, 6) is 2.91. The van der Waals surface area contributed by atoms with Crippen LogP contribution in [-0.2, 0) is 16.2 Å². The maximum atomic E-state index is 12.2. The van der Waals surface area contributed by atoms with Gasteiger partial charge in [0.1, 0.15) is 17.9 Å². The Kier molecular flexibility index (Phi) is 26.5. The summed E-state index contributed by atoms with van der Waals surface area (Å²) in [7, 11) is 0. The Balaban J connectivity index is 1.10. The molecule has 0 spiro atoms. The number of fused-ring (bicyclic) bond motifs is 1. The lowest BCUT2D eigenvalue weighted by atomic mass is 9.97. The molecule has 9 nitrogen and oxygen atoms in total. The van der Waals surface area contributed by atoms with Crippen molar-refractivity contribution in [2.45, 2.75) is 195 Å². The first-order chi connectivity index (χ1) is 37.6. The normalized spacial score (nSPS) is 13.0. The predicted octanol–water partition coefficient (Wildman–Crippen LogP) is 18.3. The number of barbiturate groups is 1. The molecule has 0 unspecified atom stereocenters. The third-order valence-electron chi connectivity index (χ3n) is 14.9. The van der Waals surface area contributed by atoms with Crippen molar-refractivity contribution in [3.05, 3.63) is 114 Å². The number of amides is 4. The van der Waals surface area contributed by atoms with Gasteiger partial charge in [-0.05, 0) is 118 Å². The van der Waals surface area contributed by atoms with Crippen molar-refractivity contribution in [1.82, 2.24) is 10.6 Å². The van der Waals surface area contributed by atoms with Crippen LogP contribution in [0, 0.1) is 11.8 Å². The first-order valence-electron chi connectivity index (χ1n) is 29.9. The molecule has 77 heavy (non-hydrogen) atoms. The second-order valence-electron chi connectivity index (χ2n) is 22.1. The molecule has 4 amide bonds. The number of unbranched alkanes of at least 4 members (excludes halogenated alkanes) is 18. The number of ether oxygens (including phenoxy) is 4. The second kappa shape index (κ2) is 33.9. The molecule has 1 heterocycles. The fourth-order valence-corrected chi connectivity index (χ4v) is 10.1. The topological polar surface area (TPSA) is 112 Å². The molecule has 2 N–H and O–H groups in total. The van der Waals surface area contributed by atoms with Crippen molar-refractivity contribution < 1.29 is 33.3 Å². The second-order valence-corrected chi connectivity index (χ2v) is 22.1. The van der Waals surface area contributed by atoms with Crippen LogP contribution in [-0.4, -0.2) is 37.7 Å². The lowest BCUT2D eigenvalue weighted by molar-refractivity contribution is -0.123. The van der Waals surface area contributed by atoms with Crippen LogP contribution in [0.4, 0.5) is 4.79 Å². The quantitative estimate of drug-likeness (QED) is 0.0230. The van der Waals surface area contributed by atoms with E-state index in [1.165, 1.54) is 128 Å². The summed E-state index contributed by atoms with van der Waals surface area (Å²) >= 11 is 0. The van der Waals surface area contributed by atoms with Gasteiger partial charge in [0, 0.05) is 0 Å². The van der Waals surface area contributed by atoms with Gasteiger partial charge < -0.3 is 18.9 Å². The summed E-state index contributed by atoms with van der Waals surface area (Å²) in [6.45, 7) is 13.8. The van der Waals surface area contributed by atoms with E-state index in [0.717, 1.165) is 99.6 Å². The van der Waals surface area contributed by atoms with E-state index >= 15 is 0 Å². The van der Waals surface area contributed by atoms with Gasteiger partial charge in [0.05, 0.1) is 19.8 Å². The van der Waals surface area contributed by atoms with Gasteiger partial charge in [-0.1, -0.05) is 230 Å². The third kappa shape index (κ3) is 21.3. The largest absolute Gasteiger partial charge is 0.490 e. The monoisotopic (exact) mass is 1050 g/mol. The highest BCUT2D eigenvalue weighted by atomic mass is 16.5. The average molecular weight is 1050 g/mol. The minimum atomic E-state index is -0.815. The zero-order valence-corrected chi connectivity index (χ0v) is 47.6. The molecule has 0 bridgehead atoms. The van der Waals surface area contributed by atoms with Gasteiger partial charge in [-0.2, -0.15) is 0 Å². The Hall–Kier alpha value is -6.09. The van der Waals surface area contributed by atoms with Gasteiger partial charge in [0.25, 0.3) is 11.8 Å². The fourth-order valence-electron chi connectivity index (χ4n) is 10.1. The zero-order valence-electron chi connectivity index (χ0n) is 47.6. The molecular formula is C68H92N2O7. The first-order valence-corrected chi connectivity index (χ1v) is 29.9. The predicted molar refractivity (Wildman–Crippen MR) is 318 cm³/mol. The van der Waals surface area contributed by atoms with Crippen LogP contribution in [0.1, 0.15) is 200 Å². The van der Waals surface area contributed by atoms with Crippen molar-refractivity contribution in [3.8, 4) is 45.3 Å². The molecule has 9 heteroatoms. The number of urea groups is 1. The molecule has 0 aliphatic carbocycles. The highest BCUT2D eigenvalue weighted by Crippen LogP contribution is 2.40. The molecule has 5 aromatic carbocycles. The molecule has 0 saturated carbocycles. The van der Waals surface area contributed by atoms with Gasteiger partial charge in [-0.25, -0.2) is 4.79 Å². The van der Waals surface area contributed by atoms with Crippen LogP contribution in [0.15, 0.2) is 103 Å². The molecule has 0 aromatic heterocycles. The molecule has 1 aliphatic rings. The smallest absolute Gasteiger partial charge is 0.328 e. The van der Waals surface area contributed by atoms with E-state index in [-0.39, 0.29) is 5.57 Å². The summed E-state index contributed by atoms with van der Waals surface area (Å²) in [5.41, 5.74) is 5.81. The van der Waals surface area contributed by atoms with Crippen molar-refractivity contribution in [3.63, 3.8) is 0 Å². The molecule has 416 valence electrons. The molecule has 0 radical (unpaired) electrons. The molecule has 5 aromatic rings. The van der Waals surface area contributed by atoms with Gasteiger partial charge in [-0.15, -0.1) is 0 Å². The van der Waals surface area contributed by atoms with Crippen molar-refractivity contribution in [1.29, 1.82) is 0 Å². The lowest BCUT2D eigenvalue weighted by Crippen LogP contribution is -2.51. The highest BCUT2D eigenvalue weighted by Gasteiger charge is 2.27. The van der Waals surface area contributed by atoms with Gasteiger partial charge >= 0.3 is 6.03 Å². The highest BCUT2D eigenvalue weighted by molar-refractivity contribution is 6.31. The van der Waals surface area contributed by atoms with Crippen LogP contribution in [0.3, 0.4) is 0 Å². The number of carbonyl (C=O) groups excluding carboxylic acids is 3. The molecule has 1 saturated heterocycles. The average Bonchev–Trinajstić information content (AvgIpc) is 3.43. The van der Waals surface area contributed by atoms with E-state index in [9.17, 15) is 14.4 Å². The molecule has 1 aliphatic heterocycles. The minimum absolute atomic E-state index is 0.112. The summed E-state index contributed by atoms with van der Waals surface area (Å²) in [6.07, 6.45) is 31.8. The zero-order chi connectivity index (χ0) is 54.5. The van der Waals surface area contributed by atoms with E-state index in [1.54, 1.807) is 0 Å². The van der Waals surface area contributed by atoms with E-state index < -0.39 is 17.8 Å². The van der Waals surface area contributed by atoms with Crippen molar-refractivity contribution in [2.75, 3.05) is 19.8 Å². The van der Waals surface area contributed by atoms with Crippen LogP contribution < -0.4 is 29.6 Å². The summed E-state index contributed by atoms with van der Waals surface area (Å²) in [6, 6.07) is 32.2. The maximum Gasteiger partial charge on any atom is 0.328 e. The third-order valence-corrected chi connectivity index (χ3v) is 14.9. The number of hydrogen-bond donors (Lipinski definition) is 2. The Bertz CT molecular complexity index is 2510. The van der Waals surface area contributed by atoms with Crippen LogP contribution in [0.2, 0.25) is 0 Å². The summed E-state index contributed by atoms with van der Waals surface area (Å²) in [5, 5.41) is 6.46. The number of carbonyl (C=O) groups is 3. The van der Waals surface area contributed by atoms with Gasteiger partial charge in [-0.3, -0.25) is 20.2 Å². The molecule has 6 rings (SSSR count). The number of imide groups is 2. The fraction of sp³-hybridized carbons (Fsp3) is 0.515. The Morgan fingerprint density at radius 1 is 0.442 bits per heavy atom. The van der Waals surface area contributed by atoms with Crippen molar-refractivity contribution >= 4 is 34.7 Å². The Morgan fingerprint density at radius 2 is 0.896 bits per heavy atom. The molecule has 1 fully saturated rings. The van der Waals surface area contributed by atoms with E-state index in [1.807, 2.05) is 36.4 Å². The van der Waals surface area contributed by atoms with E-state index in [4.69, 9.17) is 18.9 Å². The Morgan fingerprint density at radius 3 is 1.38 bits per heavy atom. The maximum absolute atomic E-state index is 12.2. The summed E-state index contributed by atoms with van der Waals surface area (Å²) < 4.78 is 26.5. The number of nitrogens with one attached hydrogen (secondary N) is 2. The first kappa shape index (κ1) is 60.1. The van der Waals surface area contributed by atoms with Crippen LogP contribution in [0.25, 0.3) is 39.1 Å². The molecule has 1 atom stereocenters. The number of hydrogen-bond acceptors (Lipinski definition) is 7. The van der Waals surface area contributed by atoms with Crippen LogP contribution >= 0.6 is 0 Å². The standard InChI is InChI=1S/C68H92N2O7/c1-6-8-10-12-14-16-18-20-22-24-42-74-63-46-54(47-64(65(63)76-44-41-52(5)28-26-27-51(3)4)75-43-25-23-21-19-17-15-13-11-9-7-2)50-77-61-39-37-56(38-40-61)58-34-36-59-48-57(33-35-60(59)49-58)55-31-29-53(30-32-55)45-62-66(71)69-68(73)70-67(62)72/h29-40,45-49,51-52H,6-28,41-44,50H2,1-5H3,(H2,69,70,71,72,73)/t52-/m0/s1. The number of benzene rings is 5. The number of rotatable bonds is 38. The van der Waals surface area contributed by atoms with E-state index in [2.05, 4.69) is 106 Å². The SMILES string of the molecule is CCCCCCCCCCCCOc1cc(COc2ccc(-c3ccc4cc(-c5ccc(C=C6C(=O)NC(=O)NC6=O)cc5)ccc4c3)cc2)cc(OCCCCCCCCCCCC)c1OCC[C@@H](C)CCCC(C)C. The van der Waals surface area contributed by atoms with Crippen molar-refractivity contribution in [2.24, 2.45) is 11.8 Å². The van der Waals surface area contributed by atoms with Gasteiger partial charge in [0.2, 0.25) is 5.75 Å². The minimum Gasteiger partial charge on any atom is -0.490 e. The Labute approximate surface area is 462 Å². The summed E-state index contributed by atoms with van der Waals surface area (Å²) in [4.78, 5) is 35.8. The van der Waals surface area contributed by atoms with Crippen LogP contribution in [0.5, 0.6) is 23.0 Å².